The molecule has 1 saturated heterocycles. The Morgan fingerprint density at radius 3 is 2.86 bits per heavy atom. The van der Waals surface area contributed by atoms with Gasteiger partial charge in [0.2, 0.25) is 0 Å². The molecule has 1 aliphatic rings. The minimum Gasteiger partial charge on any atom is -0.465 e. The molecule has 1 aromatic rings. The molecule has 4 nitrogen and oxygen atoms in total. The minimum absolute atomic E-state index is 0.168. The first-order chi connectivity index (χ1) is 10.0. The van der Waals surface area contributed by atoms with E-state index in [4.69, 9.17) is 28.6 Å². The molecular formula is C14H12ClNO3S2. The third-order valence-electron chi connectivity index (χ3n) is 2.66. The Labute approximate surface area is 137 Å². The maximum Gasteiger partial charge on any atom is 0.326 e. The molecule has 0 atom stereocenters. The number of benzene rings is 1. The molecule has 110 valence electrons. The van der Waals surface area contributed by atoms with Crippen molar-refractivity contribution in [3.05, 3.63) is 39.8 Å². The van der Waals surface area contributed by atoms with Crippen LogP contribution in [0.1, 0.15) is 12.5 Å². The molecule has 0 bridgehead atoms. The van der Waals surface area contributed by atoms with Crippen LogP contribution in [0.2, 0.25) is 5.02 Å². The lowest BCUT2D eigenvalue weighted by molar-refractivity contribution is -0.145. The van der Waals surface area contributed by atoms with E-state index in [2.05, 4.69) is 0 Å². The lowest BCUT2D eigenvalue weighted by Gasteiger charge is -2.12. The number of esters is 1. The van der Waals surface area contributed by atoms with Crippen LogP contribution in [0.4, 0.5) is 0 Å². The van der Waals surface area contributed by atoms with Crippen molar-refractivity contribution in [1.29, 1.82) is 0 Å². The van der Waals surface area contributed by atoms with Gasteiger partial charge in [0.1, 0.15) is 10.9 Å². The summed E-state index contributed by atoms with van der Waals surface area (Å²) in [6.07, 6.45) is 1.67. The van der Waals surface area contributed by atoms with Gasteiger partial charge in [0.05, 0.1) is 11.5 Å². The van der Waals surface area contributed by atoms with Gasteiger partial charge in [-0.1, -0.05) is 53.8 Å². The van der Waals surface area contributed by atoms with E-state index in [1.165, 1.54) is 4.90 Å². The second-order valence-corrected chi connectivity index (χ2v) is 6.18. The molecule has 0 unspecified atom stereocenters. The van der Waals surface area contributed by atoms with Crippen LogP contribution in [0.3, 0.4) is 0 Å². The maximum absolute atomic E-state index is 12.3. The van der Waals surface area contributed by atoms with Crippen LogP contribution in [0.15, 0.2) is 29.2 Å². The fraction of sp³-hybridized carbons (Fsp3) is 0.214. The molecule has 0 spiro atoms. The monoisotopic (exact) mass is 341 g/mol. The van der Waals surface area contributed by atoms with Crippen LogP contribution in [-0.4, -0.2) is 34.2 Å². The SMILES string of the molecule is CCOC(=O)CN1C(=O)/C(=C/c2ccccc2Cl)SC1=S. The molecule has 2 rings (SSSR count). The highest BCUT2D eigenvalue weighted by atomic mass is 35.5. The zero-order valence-corrected chi connectivity index (χ0v) is 13.6. The molecule has 0 radical (unpaired) electrons. The van der Waals surface area contributed by atoms with Crippen LogP contribution < -0.4 is 0 Å². The number of hydrogen-bond donors (Lipinski definition) is 0. The van der Waals surface area contributed by atoms with Gasteiger partial charge < -0.3 is 4.74 Å². The average molecular weight is 342 g/mol. The fourth-order valence-electron chi connectivity index (χ4n) is 1.71. The zero-order valence-electron chi connectivity index (χ0n) is 11.2. The molecule has 0 saturated carbocycles. The summed E-state index contributed by atoms with van der Waals surface area (Å²) in [7, 11) is 0. The van der Waals surface area contributed by atoms with E-state index in [0.717, 1.165) is 17.3 Å². The third-order valence-corrected chi connectivity index (χ3v) is 4.38. The predicted molar refractivity (Wildman–Crippen MR) is 88.0 cm³/mol. The summed E-state index contributed by atoms with van der Waals surface area (Å²) in [5.74, 6) is -0.786. The maximum atomic E-state index is 12.3. The Morgan fingerprint density at radius 2 is 2.19 bits per heavy atom. The number of carbonyl (C=O) groups is 2. The lowest BCUT2D eigenvalue weighted by atomic mass is 10.2. The van der Waals surface area contributed by atoms with E-state index >= 15 is 0 Å². The van der Waals surface area contributed by atoms with Crippen LogP contribution in [0.25, 0.3) is 6.08 Å². The molecule has 7 heteroatoms. The van der Waals surface area contributed by atoms with E-state index in [0.29, 0.717) is 14.2 Å². The summed E-state index contributed by atoms with van der Waals surface area (Å²) in [5, 5.41) is 0.549. The molecular weight excluding hydrogens is 330 g/mol. The number of amides is 1. The quantitative estimate of drug-likeness (QED) is 0.478. The summed E-state index contributed by atoms with van der Waals surface area (Å²) in [5.41, 5.74) is 0.732. The first kappa shape index (κ1) is 16.0. The van der Waals surface area contributed by atoms with Gasteiger partial charge in [0.25, 0.3) is 5.91 Å². The molecule has 1 aliphatic heterocycles. The van der Waals surface area contributed by atoms with Crippen LogP contribution >= 0.6 is 35.6 Å². The second kappa shape index (κ2) is 7.06. The summed E-state index contributed by atoms with van der Waals surface area (Å²) in [6, 6.07) is 7.19. The average Bonchev–Trinajstić information content (AvgIpc) is 2.69. The Bertz CT molecular complexity index is 630. The van der Waals surface area contributed by atoms with Crippen molar-refractivity contribution in [2.75, 3.05) is 13.2 Å². The largest absolute Gasteiger partial charge is 0.465 e. The van der Waals surface area contributed by atoms with Gasteiger partial charge in [-0.15, -0.1) is 0 Å². The molecule has 1 aromatic carbocycles. The summed E-state index contributed by atoms with van der Waals surface area (Å²) < 4.78 is 5.17. The number of ether oxygens (including phenoxy) is 1. The van der Waals surface area contributed by atoms with Crippen LogP contribution in [-0.2, 0) is 14.3 Å². The Morgan fingerprint density at radius 1 is 1.48 bits per heavy atom. The molecule has 0 aliphatic carbocycles. The van der Waals surface area contributed by atoms with Crippen molar-refractivity contribution in [2.24, 2.45) is 0 Å². The number of thiocarbonyl (C=S) groups is 1. The molecule has 1 amide bonds. The number of halogens is 1. The van der Waals surface area contributed by atoms with E-state index in [9.17, 15) is 9.59 Å². The lowest BCUT2D eigenvalue weighted by Crippen LogP contribution is -2.34. The van der Waals surface area contributed by atoms with E-state index in [1.54, 1.807) is 25.1 Å². The molecule has 0 aromatic heterocycles. The van der Waals surface area contributed by atoms with E-state index in [-0.39, 0.29) is 19.1 Å². The Balaban J connectivity index is 2.18. The van der Waals surface area contributed by atoms with Gasteiger partial charge >= 0.3 is 5.97 Å². The van der Waals surface area contributed by atoms with Crippen molar-refractivity contribution in [3.8, 4) is 0 Å². The number of thioether (sulfide) groups is 1. The fourth-order valence-corrected chi connectivity index (χ4v) is 3.14. The summed E-state index contributed by atoms with van der Waals surface area (Å²) in [6.45, 7) is 1.81. The van der Waals surface area contributed by atoms with Crippen molar-refractivity contribution in [1.82, 2.24) is 4.90 Å². The first-order valence-electron chi connectivity index (χ1n) is 6.18. The van der Waals surface area contributed by atoms with Crippen molar-refractivity contribution < 1.29 is 14.3 Å². The number of carbonyl (C=O) groups excluding carboxylic acids is 2. The van der Waals surface area contributed by atoms with Crippen molar-refractivity contribution >= 4 is 57.9 Å². The van der Waals surface area contributed by atoms with Gasteiger partial charge in [-0.05, 0) is 24.6 Å². The molecule has 21 heavy (non-hydrogen) atoms. The van der Waals surface area contributed by atoms with Crippen molar-refractivity contribution in [3.63, 3.8) is 0 Å². The summed E-state index contributed by atoms with van der Waals surface area (Å²) in [4.78, 5) is 25.4. The van der Waals surface area contributed by atoms with Gasteiger partial charge in [-0.25, -0.2) is 0 Å². The van der Waals surface area contributed by atoms with Gasteiger partial charge in [0.15, 0.2) is 0 Å². The normalized spacial score (nSPS) is 16.7. The first-order valence-corrected chi connectivity index (χ1v) is 7.78. The predicted octanol–water partition coefficient (Wildman–Crippen LogP) is 3.10. The standard InChI is InChI=1S/C14H12ClNO3S2/c1-2-19-12(17)8-16-13(18)11(21-14(16)20)7-9-5-3-4-6-10(9)15/h3-7H,2,8H2,1H3/b11-7-. The highest BCUT2D eigenvalue weighted by Gasteiger charge is 2.33. The molecule has 1 fully saturated rings. The smallest absolute Gasteiger partial charge is 0.326 e. The number of hydrogen-bond acceptors (Lipinski definition) is 5. The minimum atomic E-state index is -0.479. The van der Waals surface area contributed by atoms with E-state index in [1.807, 2.05) is 12.1 Å². The Hall–Kier alpha value is -1.37. The third kappa shape index (κ3) is 3.84. The van der Waals surface area contributed by atoms with Crippen LogP contribution in [0, 0.1) is 0 Å². The number of rotatable bonds is 4. The van der Waals surface area contributed by atoms with E-state index < -0.39 is 5.97 Å². The van der Waals surface area contributed by atoms with Gasteiger partial charge in [-0.2, -0.15) is 0 Å². The highest BCUT2D eigenvalue weighted by molar-refractivity contribution is 8.26. The molecule has 1 heterocycles. The van der Waals surface area contributed by atoms with Crippen molar-refractivity contribution in [2.45, 2.75) is 6.92 Å². The van der Waals surface area contributed by atoms with Gasteiger partial charge in [0, 0.05) is 5.02 Å². The topological polar surface area (TPSA) is 46.6 Å². The zero-order chi connectivity index (χ0) is 15.4. The summed E-state index contributed by atoms with van der Waals surface area (Å²) >= 11 is 12.3. The number of nitrogens with zero attached hydrogens (tertiary/aromatic N) is 1. The van der Waals surface area contributed by atoms with Crippen LogP contribution in [0.5, 0.6) is 0 Å². The highest BCUT2D eigenvalue weighted by Crippen LogP contribution is 2.33. The van der Waals surface area contributed by atoms with Gasteiger partial charge in [-0.3, -0.25) is 14.5 Å². The second-order valence-electron chi connectivity index (χ2n) is 4.09. The molecule has 0 N–H and O–H groups in total. The Kier molecular flexibility index (Phi) is 5.39.